The summed E-state index contributed by atoms with van der Waals surface area (Å²) in [4.78, 5) is 16.9. The van der Waals surface area contributed by atoms with Crippen molar-refractivity contribution in [3.05, 3.63) is 72.2 Å². The van der Waals surface area contributed by atoms with Crippen LogP contribution in [0.15, 0.2) is 65.4 Å². The van der Waals surface area contributed by atoms with E-state index in [0.717, 1.165) is 11.3 Å². The van der Waals surface area contributed by atoms with E-state index >= 15 is 0 Å². The maximum atomic E-state index is 12.7. The van der Waals surface area contributed by atoms with E-state index in [1.54, 1.807) is 13.3 Å². The van der Waals surface area contributed by atoms with Crippen LogP contribution in [0.3, 0.4) is 0 Å². The topological polar surface area (TPSA) is 77.2 Å². The molecule has 1 aromatic carbocycles. The van der Waals surface area contributed by atoms with Gasteiger partial charge in [0.15, 0.2) is 5.76 Å². The number of nitrogens with one attached hydrogen (secondary N) is 1. The molecule has 1 unspecified atom stereocenters. The number of methoxy groups -OCH3 is 1. The Balaban J connectivity index is 1.83. The smallest absolute Gasteiger partial charge is 0.257 e. The van der Waals surface area contributed by atoms with Gasteiger partial charge in [0.1, 0.15) is 5.56 Å². The molecular formula is C18H17N3O3. The molecule has 0 saturated carbocycles. The van der Waals surface area contributed by atoms with Crippen molar-refractivity contribution in [3.8, 4) is 11.3 Å². The third-order valence-corrected chi connectivity index (χ3v) is 3.53. The molecule has 0 saturated heterocycles. The Morgan fingerprint density at radius 2 is 2.00 bits per heavy atom. The third kappa shape index (κ3) is 3.49. The van der Waals surface area contributed by atoms with Crippen LogP contribution in [-0.4, -0.2) is 29.8 Å². The number of nitrogens with zero attached hydrogens (tertiary/aromatic N) is 2. The number of rotatable bonds is 6. The minimum atomic E-state index is -0.359. The maximum Gasteiger partial charge on any atom is 0.257 e. The third-order valence-electron chi connectivity index (χ3n) is 3.53. The first kappa shape index (κ1) is 15.9. The van der Waals surface area contributed by atoms with Crippen LogP contribution < -0.4 is 5.32 Å². The number of amides is 1. The molecule has 3 aromatic rings. The summed E-state index contributed by atoms with van der Waals surface area (Å²) in [7, 11) is 1.58. The molecule has 1 amide bonds. The van der Waals surface area contributed by atoms with Crippen LogP contribution in [0.1, 0.15) is 22.1 Å². The first-order valence-corrected chi connectivity index (χ1v) is 7.50. The molecule has 0 aliphatic rings. The van der Waals surface area contributed by atoms with Gasteiger partial charge in [-0.3, -0.25) is 9.78 Å². The van der Waals surface area contributed by atoms with E-state index in [1.165, 1.54) is 6.20 Å². The van der Waals surface area contributed by atoms with E-state index in [1.807, 2.05) is 48.5 Å². The van der Waals surface area contributed by atoms with E-state index in [0.29, 0.717) is 17.9 Å². The Labute approximate surface area is 139 Å². The van der Waals surface area contributed by atoms with Gasteiger partial charge < -0.3 is 14.6 Å². The van der Waals surface area contributed by atoms with E-state index in [4.69, 9.17) is 9.26 Å². The fraction of sp³-hybridized carbons (Fsp3) is 0.167. The zero-order valence-corrected chi connectivity index (χ0v) is 13.2. The van der Waals surface area contributed by atoms with Crippen molar-refractivity contribution in [2.75, 3.05) is 13.7 Å². The molecule has 0 fully saturated rings. The highest BCUT2D eigenvalue weighted by atomic mass is 16.5. The molecular weight excluding hydrogens is 306 g/mol. The Hall–Kier alpha value is -2.99. The highest BCUT2D eigenvalue weighted by Gasteiger charge is 2.22. The number of ether oxygens (including phenoxy) is 1. The van der Waals surface area contributed by atoms with Gasteiger partial charge in [-0.2, -0.15) is 0 Å². The van der Waals surface area contributed by atoms with Gasteiger partial charge in [-0.1, -0.05) is 41.6 Å². The first-order chi connectivity index (χ1) is 11.8. The van der Waals surface area contributed by atoms with Gasteiger partial charge in [-0.25, -0.2) is 0 Å². The lowest BCUT2D eigenvalue weighted by Crippen LogP contribution is -2.32. The molecule has 6 heteroatoms. The van der Waals surface area contributed by atoms with Gasteiger partial charge >= 0.3 is 0 Å². The average molecular weight is 323 g/mol. The number of hydrogen-bond acceptors (Lipinski definition) is 5. The minimum Gasteiger partial charge on any atom is -0.382 e. The second-order valence-electron chi connectivity index (χ2n) is 5.17. The monoisotopic (exact) mass is 323 g/mol. The molecule has 6 nitrogen and oxygen atoms in total. The van der Waals surface area contributed by atoms with Crippen molar-refractivity contribution in [2.24, 2.45) is 0 Å². The van der Waals surface area contributed by atoms with Crippen LogP contribution in [0.2, 0.25) is 0 Å². The van der Waals surface area contributed by atoms with Crippen molar-refractivity contribution >= 4 is 5.91 Å². The van der Waals surface area contributed by atoms with E-state index in [2.05, 4.69) is 15.5 Å². The van der Waals surface area contributed by atoms with Crippen LogP contribution in [0, 0.1) is 0 Å². The fourth-order valence-electron chi connectivity index (χ4n) is 2.38. The van der Waals surface area contributed by atoms with Crippen LogP contribution >= 0.6 is 0 Å². The number of pyridine rings is 1. The lowest BCUT2D eigenvalue weighted by Gasteiger charge is -2.17. The molecule has 0 aliphatic heterocycles. The Kier molecular flexibility index (Phi) is 4.98. The predicted octanol–water partition coefficient (Wildman–Crippen LogP) is 2.85. The van der Waals surface area contributed by atoms with E-state index in [9.17, 15) is 4.79 Å². The molecule has 2 aromatic heterocycles. The van der Waals surface area contributed by atoms with Gasteiger partial charge in [0.25, 0.3) is 5.91 Å². The number of benzene rings is 1. The van der Waals surface area contributed by atoms with E-state index in [-0.39, 0.29) is 11.9 Å². The summed E-state index contributed by atoms with van der Waals surface area (Å²) in [5.41, 5.74) is 1.89. The first-order valence-electron chi connectivity index (χ1n) is 7.50. The van der Waals surface area contributed by atoms with Gasteiger partial charge in [-0.15, -0.1) is 0 Å². The minimum absolute atomic E-state index is 0.289. The quantitative estimate of drug-likeness (QED) is 0.755. The van der Waals surface area contributed by atoms with Crippen molar-refractivity contribution in [1.82, 2.24) is 15.5 Å². The van der Waals surface area contributed by atoms with Crippen LogP contribution in [0.4, 0.5) is 0 Å². The van der Waals surface area contributed by atoms with Crippen molar-refractivity contribution < 1.29 is 14.1 Å². The molecule has 0 bridgehead atoms. The molecule has 1 atom stereocenters. The van der Waals surface area contributed by atoms with E-state index < -0.39 is 0 Å². The molecule has 0 spiro atoms. The molecule has 122 valence electrons. The number of aromatic nitrogens is 2. The van der Waals surface area contributed by atoms with Gasteiger partial charge in [-0.05, 0) is 12.1 Å². The Morgan fingerprint density at radius 1 is 1.21 bits per heavy atom. The summed E-state index contributed by atoms with van der Waals surface area (Å²) in [6.45, 7) is 0.314. The van der Waals surface area contributed by atoms with Crippen LogP contribution in [-0.2, 0) is 4.74 Å². The van der Waals surface area contributed by atoms with Gasteiger partial charge in [0, 0.05) is 18.9 Å². The fourth-order valence-corrected chi connectivity index (χ4v) is 2.38. The largest absolute Gasteiger partial charge is 0.382 e. The second-order valence-corrected chi connectivity index (χ2v) is 5.17. The van der Waals surface area contributed by atoms with Gasteiger partial charge in [0.05, 0.1) is 24.5 Å². The predicted molar refractivity (Wildman–Crippen MR) is 88.3 cm³/mol. The highest BCUT2D eigenvalue weighted by molar-refractivity contribution is 5.99. The normalized spacial score (nSPS) is 11.9. The summed E-state index contributed by atoms with van der Waals surface area (Å²) in [6, 6.07) is 14.6. The van der Waals surface area contributed by atoms with Crippen LogP contribution in [0.25, 0.3) is 11.3 Å². The lowest BCUT2D eigenvalue weighted by atomic mass is 10.1. The molecule has 2 heterocycles. The summed E-state index contributed by atoms with van der Waals surface area (Å²) in [6.07, 6.45) is 3.10. The van der Waals surface area contributed by atoms with Crippen molar-refractivity contribution in [2.45, 2.75) is 6.04 Å². The number of carbonyl (C=O) groups excluding carboxylic acids is 1. The molecule has 0 aliphatic carbocycles. The standard InChI is InChI=1S/C18H17N3O3/c1-23-12-16(15-9-5-6-10-19-15)21-18(22)14-11-20-24-17(14)13-7-3-2-4-8-13/h2-11,16H,12H2,1H3,(H,21,22). The van der Waals surface area contributed by atoms with Crippen molar-refractivity contribution in [1.29, 1.82) is 0 Å². The number of carbonyl (C=O) groups is 1. The zero-order chi connectivity index (χ0) is 16.8. The maximum absolute atomic E-state index is 12.7. The summed E-state index contributed by atoms with van der Waals surface area (Å²) >= 11 is 0. The number of hydrogen-bond donors (Lipinski definition) is 1. The van der Waals surface area contributed by atoms with Gasteiger partial charge in [0.2, 0.25) is 0 Å². The summed E-state index contributed by atoms with van der Waals surface area (Å²) in [5, 5.41) is 6.68. The Morgan fingerprint density at radius 3 is 2.71 bits per heavy atom. The molecule has 3 rings (SSSR count). The zero-order valence-electron chi connectivity index (χ0n) is 13.2. The SMILES string of the molecule is COCC(NC(=O)c1cnoc1-c1ccccc1)c1ccccn1. The highest BCUT2D eigenvalue weighted by Crippen LogP contribution is 2.23. The summed E-state index contributed by atoms with van der Waals surface area (Å²) in [5.74, 6) is 0.146. The summed E-state index contributed by atoms with van der Waals surface area (Å²) < 4.78 is 10.5. The Bertz CT molecular complexity index is 788. The molecule has 24 heavy (non-hydrogen) atoms. The molecule has 0 radical (unpaired) electrons. The second kappa shape index (κ2) is 7.52. The lowest BCUT2D eigenvalue weighted by molar-refractivity contribution is 0.0894. The van der Waals surface area contributed by atoms with Crippen LogP contribution in [0.5, 0.6) is 0 Å². The molecule has 1 N–H and O–H groups in total. The average Bonchev–Trinajstić information content (AvgIpc) is 3.13. The van der Waals surface area contributed by atoms with Crippen molar-refractivity contribution in [3.63, 3.8) is 0 Å².